The molecule has 122 valence electrons. The Kier molecular flexibility index (Phi) is 5.01. The molecule has 2 aromatic heterocycles. The molecule has 0 fully saturated rings. The van der Waals surface area contributed by atoms with E-state index in [4.69, 9.17) is 0 Å². The van der Waals surface area contributed by atoms with Crippen molar-refractivity contribution in [2.45, 2.75) is 26.8 Å². The van der Waals surface area contributed by atoms with Crippen LogP contribution in [0.4, 0.5) is 17.5 Å². The number of nitrogens with zero attached hydrogens (tertiary/aromatic N) is 3. The van der Waals surface area contributed by atoms with Gasteiger partial charge in [0.1, 0.15) is 5.82 Å². The first-order valence-corrected chi connectivity index (χ1v) is 8.07. The number of benzene rings is 1. The van der Waals surface area contributed by atoms with Crippen LogP contribution in [0.2, 0.25) is 0 Å². The SMILES string of the molecule is CCc1ccc(Nc2nc(C)cc(NCc3cccnc3)n2)cc1. The number of hydrogen-bond acceptors (Lipinski definition) is 5. The van der Waals surface area contributed by atoms with Gasteiger partial charge in [-0.1, -0.05) is 25.1 Å². The maximum atomic E-state index is 4.53. The van der Waals surface area contributed by atoms with E-state index in [2.05, 4.69) is 44.6 Å². The van der Waals surface area contributed by atoms with Crippen LogP contribution in [0.25, 0.3) is 0 Å². The fourth-order valence-corrected chi connectivity index (χ4v) is 2.36. The number of rotatable bonds is 6. The number of aromatic nitrogens is 3. The zero-order chi connectivity index (χ0) is 16.8. The summed E-state index contributed by atoms with van der Waals surface area (Å²) in [6, 6.07) is 14.2. The molecule has 0 bridgehead atoms. The second-order valence-electron chi connectivity index (χ2n) is 5.61. The van der Waals surface area contributed by atoms with Crippen molar-refractivity contribution in [1.82, 2.24) is 15.0 Å². The molecule has 0 aliphatic carbocycles. The minimum atomic E-state index is 0.591. The lowest BCUT2D eigenvalue weighted by molar-refractivity contribution is 1.05. The van der Waals surface area contributed by atoms with E-state index < -0.39 is 0 Å². The molecule has 24 heavy (non-hydrogen) atoms. The molecule has 0 unspecified atom stereocenters. The smallest absolute Gasteiger partial charge is 0.229 e. The molecule has 3 rings (SSSR count). The predicted octanol–water partition coefficient (Wildman–Crippen LogP) is 4.10. The van der Waals surface area contributed by atoms with Crippen LogP contribution < -0.4 is 10.6 Å². The molecule has 0 atom stereocenters. The van der Waals surface area contributed by atoms with E-state index in [1.54, 1.807) is 6.20 Å². The van der Waals surface area contributed by atoms with Crippen molar-refractivity contribution in [2.24, 2.45) is 0 Å². The standard InChI is InChI=1S/C19H21N5/c1-3-15-6-8-17(9-7-15)23-19-22-14(2)11-18(24-19)21-13-16-5-4-10-20-12-16/h4-12H,3,13H2,1-2H3,(H2,21,22,23,24). The van der Waals surface area contributed by atoms with Gasteiger partial charge in [-0.05, 0) is 42.7 Å². The fraction of sp³-hybridized carbons (Fsp3) is 0.211. The van der Waals surface area contributed by atoms with E-state index in [0.29, 0.717) is 12.5 Å². The van der Waals surface area contributed by atoms with Crippen LogP contribution in [-0.2, 0) is 13.0 Å². The van der Waals surface area contributed by atoms with Crippen LogP contribution in [0, 0.1) is 6.92 Å². The first-order valence-electron chi connectivity index (χ1n) is 8.07. The van der Waals surface area contributed by atoms with Gasteiger partial charge in [-0.25, -0.2) is 4.98 Å². The summed E-state index contributed by atoms with van der Waals surface area (Å²) < 4.78 is 0. The Balaban J connectivity index is 1.70. The average molecular weight is 319 g/mol. The summed E-state index contributed by atoms with van der Waals surface area (Å²) in [5, 5.41) is 6.58. The van der Waals surface area contributed by atoms with Gasteiger partial charge in [-0.3, -0.25) is 4.98 Å². The van der Waals surface area contributed by atoms with Gasteiger partial charge in [0.05, 0.1) is 0 Å². The molecule has 1 aromatic carbocycles. The third-order valence-electron chi connectivity index (χ3n) is 3.67. The van der Waals surface area contributed by atoms with Crippen molar-refractivity contribution in [3.63, 3.8) is 0 Å². The second kappa shape index (κ2) is 7.55. The van der Waals surface area contributed by atoms with Gasteiger partial charge in [-0.2, -0.15) is 4.98 Å². The lowest BCUT2D eigenvalue weighted by atomic mass is 10.1. The normalized spacial score (nSPS) is 10.4. The minimum absolute atomic E-state index is 0.591. The van der Waals surface area contributed by atoms with Gasteiger partial charge in [0, 0.05) is 36.4 Å². The highest BCUT2D eigenvalue weighted by molar-refractivity contribution is 5.55. The zero-order valence-corrected chi connectivity index (χ0v) is 14.0. The Morgan fingerprint density at radius 1 is 1.00 bits per heavy atom. The summed E-state index contributed by atoms with van der Waals surface area (Å²) in [6.07, 6.45) is 4.64. The number of aryl methyl sites for hydroxylation is 2. The molecule has 5 heteroatoms. The van der Waals surface area contributed by atoms with E-state index in [-0.39, 0.29) is 0 Å². The Morgan fingerprint density at radius 2 is 1.83 bits per heavy atom. The highest BCUT2D eigenvalue weighted by Crippen LogP contribution is 2.17. The van der Waals surface area contributed by atoms with E-state index >= 15 is 0 Å². The molecular weight excluding hydrogens is 298 g/mol. The van der Waals surface area contributed by atoms with Crippen molar-refractivity contribution in [1.29, 1.82) is 0 Å². The van der Waals surface area contributed by atoms with Crippen LogP contribution in [0.15, 0.2) is 54.9 Å². The molecule has 0 spiro atoms. The number of nitrogens with one attached hydrogen (secondary N) is 2. The third kappa shape index (κ3) is 4.29. The molecule has 3 aromatic rings. The molecule has 0 saturated carbocycles. The molecule has 2 heterocycles. The van der Waals surface area contributed by atoms with E-state index in [1.807, 2.05) is 43.5 Å². The Bertz CT molecular complexity index is 785. The number of hydrogen-bond donors (Lipinski definition) is 2. The van der Waals surface area contributed by atoms with Gasteiger partial charge in [0.25, 0.3) is 0 Å². The first kappa shape index (κ1) is 15.9. The van der Waals surface area contributed by atoms with E-state index in [0.717, 1.165) is 29.2 Å². The van der Waals surface area contributed by atoms with Crippen LogP contribution in [0.5, 0.6) is 0 Å². The van der Waals surface area contributed by atoms with Crippen LogP contribution in [0.1, 0.15) is 23.7 Å². The average Bonchev–Trinajstić information content (AvgIpc) is 2.61. The van der Waals surface area contributed by atoms with Gasteiger partial charge in [0.15, 0.2) is 0 Å². The summed E-state index contributed by atoms with van der Waals surface area (Å²) in [5.74, 6) is 1.38. The molecule has 0 saturated heterocycles. The number of pyridine rings is 1. The van der Waals surface area contributed by atoms with Gasteiger partial charge >= 0.3 is 0 Å². The fourth-order valence-electron chi connectivity index (χ4n) is 2.36. The molecule has 0 aliphatic rings. The number of anilines is 3. The first-order chi connectivity index (χ1) is 11.7. The van der Waals surface area contributed by atoms with Crippen molar-refractivity contribution in [2.75, 3.05) is 10.6 Å². The summed E-state index contributed by atoms with van der Waals surface area (Å²) in [4.78, 5) is 13.1. The quantitative estimate of drug-likeness (QED) is 0.716. The summed E-state index contributed by atoms with van der Waals surface area (Å²) >= 11 is 0. The maximum absolute atomic E-state index is 4.53. The van der Waals surface area contributed by atoms with Crippen molar-refractivity contribution in [3.8, 4) is 0 Å². The molecule has 0 aliphatic heterocycles. The van der Waals surface area contributed by atoms with Crippen molar-refractivity contribution < 1.29 is 0 Å². The predicted molar refractivity (Wildman–Crippen MR) is 97.4 cm³/mol. The van der Waals surface area contributed by atoms with Crippen LogP contribution in [0.3, 0.4) is 0 Å². The monoisotopic (exact) mass is 319 g/mol. The highest BCUT2D eigenvalue weighted by atomic mass is 15.1. The van der Waals surface area contributed by atoms with E-state index in [1.165, 1.54) is 5.56 Å². The topological polar surface area (TPSA) is 62.7 Å². The lowest BCUT2D eigenvalue weighted by Crippen LogP contribution is -2.05. The summed E-state index contributed by atoms with van der Waals surface area (Å²) in [7, 11) is 0. The van der Waals surface area contributed by atoms with Gasteiger partial charge < -0.3 is 10.6 Å². The zero-order valence-electron chi connectivity index (χ0n) is 14.0. The maximum Gasteiger partial charge on any atom is 0.229 e. The van der Waals surface area contributed by atoms with Crippen molar-refractivity contribution in [3.05, 3.63) is 71.7 Å². The lowest BCUT2D eigenvalue weighted by Gasteiger charge is -2.10. The molecule has 0 amide bonds. The molecular formula is C19H21N5. The molecule has 0 radical (unpaired) electrons. The Hall–Kier alpha value is -2.95. The molecule has 2 N–H and O–H groups in total. The molecule has 5 nitrogen and oxygen atoms in total. The summed E-state index contributed by atoms with van der Waals surface area (Å²) in [6.45, 7) is 4.78. The van der Waals surface area contributed by atoms with Gasteiger partial charge in [-0.15, -0.1) is 0 Å². The van der Waals surface area contributed by atoms with E-state index in [9.17, 15) is 0 Å². The Labute approximate surface area is 142 Å². The summed E-state index contributed by atoms with van der Waals surface area (Å²) in [5.41, 5.74) is 4.31. The minimum Gasteiger partial charge on any atom is -0.366 e. The third-order valence-corrected chi connectivity index (χ3v) is 3.67. The van der Waals surface area contributed by atoms with Crippen LogP contribution >= 0.6 is 0 Å². The van der Waals surface area contributed by atoms with Crippen LogP contribution in [-0.4, -0.2) is 15.0 Å². The highest BCUT2D eigenvalue weighted by Gasteiger charge is 2.03. The van der Waals surface area contributed by atoms with Gasteiger partial charge in [0.2, 0.25) is 5.95 Å². The Morgan fingerprint density at radius 3 is 2.54 bits per heavy atom. The largest absolute Gasteiger partial charge is 0.366 e. The second-order valence-corrected chi connectivity index (χ2v) is 5.61. The van der Waals surface area contributed by atoms with Crippen molar-refractivity contribution >= 4 is 17.5 Å².